The number of nitrogens with zero attached hydrogens (tertiary/aromatic N) is 5. The summed E-state index contributed by atoms with van der Waals surface area (Å²) in [5, 5.41) is 4.01. The molecule has 2 aromatic carbocycles. The van der Waals surface area contributed by atoms with Gasteiger partial charge in [0.25, 0.3) is 5.91 Å². The lowest BCUT2D eigenvalue weighted by molar-refractivity contribution is -0.142. The van der Waals surface area contributed by atoms with Gasteiger partial charge in [-0.3, -0.25) is 4.79 Å². The molecular formula is C32H32F3N5O5. The third kappa shape index (κ3) is 6.92. The molecule has 236 valence electrons. The average Bonchev–Trinajstić information content (AvgIpc) is 3.42. The molecule has 1 unspecified atom stereocenters. The van der Waals surface area contributed by atoms with Crippen molar-refractivity contribution in [3.8, 4) is 17.4 Å². The molecule has 1 aliphatic rings. The summed E-state index contributed by atoms with van der Waals surface area (Å²) in [6.45, 7) is 5.30. The van der Waals surface area contributed by atoms with E-state index in [4.69, 9.17) is 14.2 Å². The molecule has 0 radical (unpaired) electrons. The highest BCUT2D eigenvalue weighted by atomic mass is 19.4. The predicted molar refractivity (Wildman–Crippen MR) is 158 cm³/mol. The molecule has 1 amide bonds. The molecule has 2 heterocycles. The SMILES string of the molecule is COc1ncc(N(C)C(=O)c2cccc(-n3nc(C(F)(F)F)c4c3C(Oc3ccc(C(=O)OC(C)(C)C)cc3)CCC4)c2)cn1. The van der Waals surface area contributed by atoms with Crippen LogP contribution in [-0.2, 0) is 17.3 Å². The Hall–Kier alpha value is -4.94. The summed E-state index contributed by atoms with van der Waals surface area (Å²) in [7, 11) is 2.96. The van der Waals surface area contributed by atoms with Crippen LogP contribution < -0.4 is 14.4 Å². The Bertz CT molecular complexity index is 1700. The van der Waals surface area contributed by atoms with E-state index in [-0.39, 0.29) is 34.9 Å². The van der Waals surface area contributed by atoms with Crippen LogP contribution in [0.3, 0.4) is 0 Å². The van der Waals surface area contributed by atoms with E-state index in [1.807, 2.05) is 0 Å². The van der Waals surface area contributed by atoms with Crippen molar-refractivity contribution >= 4 is 17.6 Å². The van der Waals surface area contributed by atoms with E-state index < -0.39 is 35.5 Å². The topological polar surface area (TPSA) is 109 Å². The molecule has 1 atom stereocenters. The maximum Gasteiger partial charge on any atom is 0.435 e. The first-order valence-corrected chi connectivity index (χ1v) is 14.2. The predicted octanol–water partition coefficient (Wildman–Crippen LogP) is 6.38. The maximum absolute atomic E-state index is 14.2. The van der Waals surface area contributed by atoms with Crippen LogP contribution in [0.5, 0.6) is 11.8 Å². The van der Waals surface area contributed by atoms with Gasteiger partial charge in [-0.05, 0) is 82.5 Å². The highest BCUT2D eigenvalue weighted by Gasteiger charge is 2.42. The molecule has 0 N–H and O–H groups in total. The number of methoxy groups -OCH3 is 1. The largest absolute Gasteiger partial charge is 0.484 e. The fraction of sp³-hybridized carbons (Fsp3) is 0.344. The fourth-order valence-electron chi connectivity index (χ4n) is 5.02. The normalized spacial score (nSPS) is 14.8. The van der Waals surface area contributed by atoms with Crippen LogP contribution in [0.4, 0.5) is 18.9 Å². The van der Waals surface area contributed by atoms with Crippen LogP contribution in [0.1, 0.15) is 77.4 Å². The van der Waals surface area contributed by atoms with Gasteiger partial charge in [-0.25, -0.2) is 19.4 Å². The van der Waals surface area contributed by atoms with E-state index >= 15 is 0 Å². The molecule has 0 saturated heterocycles. The molecule has 2 aromatic heterocycles. The molecule has 10 nitrogen and oxygen atoms in total. The van der Waals surface area contributed by atoms with Crippen molar-refractivity contribution in [2.24, 2.45) is 0 Å². The lowest BCUT2D eigenvalue weighted by Gasteiger charge is -2.26. The lowest BCUT2D eigenvalue weighted by atomic mass is 9.92. The number of carbonyl (C=O) groups excluding carboxylic acids is 2. The summed E-state index contributed by atoms with van der Waals surface area (Å²) in [6.07, 6.45) is -1.57. The number of ether oxygens (including phenoxy) is 3. The van der Waals surface area contributed by atoms with Crippen molar-refractivity contribution in [1.29, 1.82) is 0 Å². The Balaban J connectivity index is 1.47. The summed E-state index contributed by atoms with van der Waals surface area (Å²) in [4.78, 5) is 35.2. The number of carbonyl (C=O) groups is 2. The standard InChI is InChI=1S/C32H32F3N5O5/c1-31(2,3)45-29(42)19-12-14-23(15-13-19)44-25-11-7-10-24-26(25)40(38-27(24)32(33,34)35)21-9-6-8-20(16-21)28(41)39(4)22-17-36-30(43-5)37-18-22/h6,8-9,12-18,25H,7,10-11H2,1-5H3. The van der Waals surface area contributed by atoms with Crippen molar-refractivity contribution in [3.63, 3.8) is 0 Å². The summed E-state index contributed by atoms with van der Waals surface area (Å²) < 4.78 is 60.4. The maximum atomic E-state index is 14.2. The van der Waals surface area contributed by atoms with Crippen molar-refractivity contribution in [2.45, 2.75) is 57.9 Å². The molecule has 13 heteroatoms. The molecule has 0 aliphatic heterocycles. The van der Waals surface area contributed by atoms with Crippen molar-refractivity contribution < 1.29 is 37.0 Å². The number of amides is 1. The molecule has 0 bridgehead atoms. The van der Waals surface area contributed by atoms with Gasteiger partial charge in [0.15, 0.2) is 5.69 Å². The molecule has 0 fully saturated rings. The van der Waals surface area contributed by atoms with E-state index in [9.17, 15) is 22.8 Å². The van der Waals surface area contributed by atoms with E-state index in [1.54, 1.807) is 63.2 Å². The van der Waals surface area contributed by atoms with Crippen LogP contribution in [0.25, 0.3) is 5.69 Å². The van der Waals surface area contributed by atoms with Gasteiger partial charge in [0.1, 0.15) is 17.5 Å². The van der Waals surface area contributed by atoms with Gasteiger partial charge in [0.2, 0.25) is 0 Å². The smallest absolute Gasteiger partial charge is 0.435 e. The average molecular weight is 624 g/mol. The van der Waals surface area contributed by atoms with Crippen LogP contribution in [0, 0.1) is 0 Å². The lowest BCUT2D eigenvalue weighted by Crippen LogP contribution is -2.26. The molecule has 0 spiro atoms. The number of aromatic nitrogens is 4. The first-order chi connectivity index (χ1) is 21.2. The Kier molecular flexibility index (Phi) is 8.55. The van der Waals surface area contributed by atoms with Gasteiger partial charge in [-0.15, -0.1) is 0 Å². The number of hydrogen-bond acceptors (Lipinski definition) is 8. The van der Waals surface area contributed by atoms with Crippen molar-refractivity contribution in [1.82, 2.24) is 19.7 Å². The van der Waals surface area contributed by atoms with Crippen LogP contribution in [0.2, 0.25) is 0 Å². The number of benzene rings is 2. The summed E-state index contributed by atoms with van der Waals surface area (Å²) in [5.41, 5.74) is -0.153. The minimum atomic E-state index is -4.70. The van der Waals surface area contributed by atoms with Gasteiger partial charge >= 0.3 is 18.2 Å². The zero-order chi connectivity index (χ0) is 32.5. The second-order valence-corrected chi connectivity index (χ2v) is 11.5. The second kappa shape index (κ2) is 12.2. The molecule has 1 aliphatic carbocycles. The number of halogens is 3. The molecule has 5 rings (SSSR count). The summed E-state index contributed by atoms with van der Waals surface area (Å²) in [5.74, 6) is -0.559. The fourth-order valence-corrected chi connectivity index (χ4v) is 5.02. The monoisotopic (exact) mass is 623 g/mol. The van der Waals surface area contributed by atoms with Crippen molar-refractivity contribution in [2.75, 3.05) is 19.1 Å². The van der Waals surface area contributed by atoms with Gasteiger partial charge < -0.3 is 19.1 Å². The zero-order valence-electron chi connectivity index (χ0n) is 25.4. The highest BCUT2D eigenvalue weighted by molar-refractivity contribution is 6.05. The number of esters is 1. The van der Waals surface area contributed by atoms with E-state index in [1.165, 1.54) is 42.2 Å². The number of anilines is 1. The number of rotatable bonds is 7. The first-order valence-electron chi connectivity index (χ1n) is 14.2. The Morgan fingerprint density at radius 1 is 1.00 bits per heavy atom. The van der Waals surface area contributed by atoms with E-state index in [0.29, 0.717) is 29.8 Å². The van der Waals surface area contributed by atoms with Crippen LogP contribution in [0.15, 0.2) is 60.9 Å². The second-order valence-electron chi connectivity index (χ2n) is 11.5. The van der Waals surface area contributed by atoms with Gasteiger partial charge in [0.05, 0.1) is 42.1 Å². The molecule has 45 heavy (non-hydrogen) atoms. The number of hydrogen-bond donors (Lipinski definition) is 0. The summed E-state index contributed by atoms with van der Waals surface area (Å²) >= 11 is 0. The highest BCUT2D eigenvalue weighted by Crippen LogP contribution is 2.42. The third-order valence-electron chi connectivity index (χ3n) is 7.08. The quantitative estimate of drug-likeness (QED) is 0.218. The Labute approximate surface area is 257 Å². The zero-order valence-corrected chi connectivity index (χ0v) is 25.4. The minimum Gasteiger partial charge on any atom is -0.484 e. The molecular weight excluding hydrogens is 591 g/mol. The number of alkyl halides is 3. The first kappa shape index (κ1) is 31.5. The Morgan fingerprint density at radius 2 is 1.69 bits per heavy atom. The van der Waals surface area contributed by atoms with Crippen LogP contribution in [-0.4, -0.2) is 51.4 Å². The van der Waals surface area contributed by atoms with Gasteiger partial charge in [-0.2, -0.15) is 18.3 Å². The van der Waals surface area contributed by atoms with E-state index in [0.717, 1.165) is 0 Å². The van der Waals surface area contributed by atoms with Crippen molar-refractivity contribution in [3.05, 3.63) is 89.0 Å². The minimum absolute atomic E-state index is 0.0494. The number of fused-ring (bicyclic) bond motifs is 1. The van der Waals surface area contributed by atoms with Gasteiger partial charge in [0, 0.05) is 18.2 Å². The Morgan fingerprint density at radius 3 is 2.31 bits per heavy atom. The molecule has 0 saturated carbocycles. The third-order valence-corrected chi connectivity index (χ3v) is 7.08. The van der Waals surface area contributed by atoms with Gasteiger partial charge in [-0.1, -0.05) is 6.07 Å². The molecule has 4 aromatic rings. The van der Waals surface area contributed by atoms with E-state index in [2.05, 4.69) is 15.1 Å². The van der Waals surface area contributed by atoms with Crippen LogP contribution >= 0.6 is 0 Å². The summed E-state index contributed by atoms with van der Waals surface area (Å²) in [6, 6.07) is 12.6.